The van der Waals surface area contributed by atoms with Crippen molar-refractivity contribution in [1.29, 1.82) is 0 Å². The molecule has 1 saturated carbocycles. The predicted octanol–water partition coefficient (Wildman–Crippen LogP) is 4.69. The molecule has 1 saturated heterocycles. The number of ether oxygens (including phenoxy) is 1. The molecule has 2 aliphatic rings. The lowest BCUT2D eigenvalue weighted by Crippen LogP contribution is -2.50. The van der Waals surface area contributed by atoms with Gasteiger partial charge in [-0.3, -0.25) is 4.79 Å². The molecule has 2 fully saturated rings. The van der Waals surface area contributed by atoms with E-state index in [4.69, 9.17) is 4.74 Å². The fraction of sp³-hybridized carbons (Fsp3) is 0.435. The summed E-state index contributed by atoms with van der Waals surface area (Å²) < 4.78 is 32.7. The first kappa shape index (κ1) is 19.1. The van der Waals surface area contributed by atoms with Crippen molar-refractivity contribution in [3.8, 4) is 0 Å². The van der Waals surface area contributed by atoms with E-state index in [1.807, 2.05) is 24.0 Å². The predicted molar refractivity (Wildman–Crippen MR) is 103 cm³/mol. The fourth-order valence-electron chi connectivity index (χ4n) is 4.60. The van der Waals surface area contributed by atoms with Gasteiger partial charge in [-0.2, -0.15) is 0 Å². The molecule has 0 aromatic heterocycles. The number of carbonyl (C=O) groups is 1. The highest BCUT2D eigenvalue weighted by Gasteiger charge is 2.45. The second kappa shape index (κ2) is 7.63. The Bertz CT molecular complexity index is 877. The van der Waals surface area contributed by atoms with Gasteiger partial charge in [-0.05, 0) is 43.0 Å². The molecule has 0 spiro atoms. The summed E-state index contributed by atoms with van der Waals surface area (Å²) in [6.07, 6.45) is 3.34. The molecule has 1 aliphatic carbocycles. The van der Waals surface area contributed by atoms with Crippen LogP contribution in [0.3, 0.4) is 0 Å². The van der Waals surface area contributed by atoms with Crippen LogP contribution in [0.2, 0.25) is 0 Å². The van der Waals surface area contributed by atoms with Gasteiger partial charge < -0.3 is 9.64 Å². The molecular formula is C23H25F2NO2. The van der Waals surface area contributed by atoms with Gasteiger partial charge in [0, 0.05) is 6.54 Å². The Kier molecular flexibility index (Phi) is 5.19. The van der Waals surface area contributed by atoms with Crippen LogP contribution in [0.4, 0.5) is 8.78 Å². The van der Waals surface area contributed by atoms with Crippen molar-refractivity contribution in [3.63, 3.8) is 0 Å². The minimum atomic E-state index is -0.892. The molecule has 1 atom stereocenters. The third-order valence-electron chi connectivity index (χ3n) is 6.11. The van der Waals surface area contributed by atoms with Crippen LogP contribution in [0.1, 0.15) is 48.5 Å². The molecule has 28 heavy (non-hydrogen) atoms. The fourth-order valence-corrected chi connectivity index (χ4v) is 4.60. The van der Waals surface area contributed by atoms with Crippen molar-refractivity contribution in [3.05, 3.63) is 70.8 Å². The number of carbonyl (C=O) groups excluding carboxylic acids is 1. The zero-order valence-electron chi connectivity index (χ0n) is 16.1. The third kappa shape index (κ3) is 3.44. The van der Waals surface area contributed by atoms with Gasteiger partial charge in [0.1, 0.15) is 6.10 Å². The van der Waals surface area contributed by atoms with Crippen LogP contribution in [-0.4, -0.2) is 30.5 Å². The largest absolute Gasteiger partial charge is 0.370 e. The molecule has 1 unspecified atom stereocenters. The first-order chi connectivity index (χ1) is 13.5. The molecule has 0 bridgehead atoms. The maximum absolute atomic E-state index is 13.7. The average Bonchev–Trinajstić information content (AvgIpc) is 3.21. The van der Waals surface area contributed by atoms with Gasteiger partial charge in [0.25, 0.3) is 0 Å². The summed E-state index contributed by atoms with van der Waals surface area (Å²) in [7, 11) is 0. The molecule has 5 heteroatoms. The zero-order valence-corrected chi connectivity index (χ0v) is 16.1. The monoisotopic (exact) mass is 385 g/mol. The molecular weight excluding hydrogens is 360 g/mol. The van der Waals surface area contributed by atoms with E-state index in [1.165, 1.54) is 12.1 Å². The molecule has 2 aromatic carbocycles. The van der Waals surface area contributed by atoms with Crippen molar-refractivity contribution in [1.82, 2.24) is 4.90 Å². The number of nitrogens with zero attached hydrogens (tertiary/aromatic N) is 1. The summed E-state index contributed by atoms with van der Waals surface area (Å²) in [6, 6.07) is 12.1. The number of rotatable bonds is 3. The Morgan fingerprint density at radius 3 is 2.61 bits per heavy atom. The molecule has 4 rings (SSSR count). The van der Waals surface area contributed by atoms with Crippen LogP contribution < -0.4 is 0 Å². The Labute approximate surface area is 164 Å². The van der Waals surface area contributed by atoms with Crippen LogP contribution in [0.5, 0.6) is 0 Å². The second-order valence-electron chi connectivity index (χ2n) is 7.94. The van der Waals surface area contributed by atoms with Crippen molar-refractivity contribution in [2.24, 2.45) is 0 Å². The van der Waals surface area contributed by atoms with Crippen LogP contribution in [0.15, 0.2) is 42.5 Å². The van der Waals surface area contributed by atoms with Crippen molar-refractivity contribution in [2.75, 3.05) is 19.7 Å². The lowest BCUT2D eigenvalue weighted by molar-refractivity contribution is -0.145. The Balaban J connectivity index is 1.60. The quantitative estimate of drug-likeness (QED) is 0.767. The van der Waals surface area contributed by atoms with E-state index in [0.29, 0.717) is 25.3 Å². The molecule has 1 amide bonds. The van der Waals surface area contributed by atoms with Gasteiger partial charge in [0.05, 0.1) is 18.6 Å². The Morgan fingerprint density at radius 1 is 1.11 bits per heavy atom. The first-order valence-electron chi connectivity index (χ1n) is 9.93. The number of aryl methyl sites for hydroxylation is 1. The Morgan fingerprint density at radius 2 is 1.89 bits per heavy atom. The highest BCUT2D eigenvalue weighted by molar-refractivity contribution is 5.89. The van der Waals surface area contributed by atoms with Crippen molar-refractivity contribution >= 4 is 5.91 Å². The van der Waals surface area contributed by atoms with E-state index in [9.17, 15) is 13.6 Å². The van der Waals surface area contributed by atoms with Gasteiger partial charge >= 0.3 is 0 Å². The lowest BCUT2D eigenvalue weighted by atomic mass is 9.77. The minimum Gasteiger partial charge on any atom is -0.370 e. The SMILES string of the molecule is Cc1cccc(C2(C(=O)N3CCOC(c4ccc(F)c(F)c4)C3)CCCC2)c1. The van der Waals surface area contributed by atoms with Crippen LogP contribution in [0.25, 0.3) is 0 Å². The van der Waals surface area contributed by atoms with E-state index in [2.05, 4.69) is 12.1 Å². The lowest BCUT2D eigenvalue weighted by Gasteiger charge is -2.39. The smallest absolute Gasteiger partial charge is 0.233 e. The first-order valence-corrected chi connectivity index (χ1v) is 9.93. The number of halogens is 2. The molecule has 1 aliphatic heterocycles. The Hall–Kier alpha value is -2.27. The van der Waals surface area contributed by atoms with E-state index in [1.54, 1.807) is 0 Å². The molecule has 2 aromatic rings. The average molecular weight is 385 g/mol. The number of hydrogen-bond donors (Lipinski definition) is 0. The molecule has 148 valence electrons. The van der Waals surface area contributed by atoms with E-state index < -0.39 is 23.2 Å². The number of morpholine rings is 1. The number of benzene rings is 2. The summed E-state index contributed by atoms with van der Waals surface area (Å²) in [4.78, 5) is 15.5. The van der Waals surface area contributed by atoms with E-state index in [0.717, 1.165) is 42.9 Å². The van der Waals surface area contributed by atoms with Gasteiger partial charge in [-0.1, -0.05) is 48.7 Å². The second-order valence-corrected chi connectivity index (χ2v) is 7.94. The van der Waals surface area contributed by atoms with Gasteiger partial charge in [-0.15, -0.1) is 0 Å². The highest BCUT2D eigenvalue weighted by atomic mass is 19.2. The summed E-state index contributed by atoms with van der Waals surface area (Å²) in [5.74, 6) is -1.64. The third-order valence-corrected chi connectivity index (χ3v) is 6.11. The summed E-state index contributed by atoms with van der Waals surface area (Å²) in [6.45, 7) is 3.31. The van der Waals surface area contributed by atoms with Crippen molar-refractivity contribution in [2.45, 2.75) is 44.1 Å². The van der Waals surface area contributed by atoms with Gasteiger partial charge in [0.2, 0.25) is 5.91 Å². The zero-order chi connectivity index (χ0) is 19.7. The molecule has 1 heterocycles. The normalized spacial score (nSPS) is 21.7. The maximum atomic E-state index is 13.7. The summed E-state index contributed by atoms with van der Waals surface area (Å²) in [5.41, 5.74) is 2.32. The van der Waals surface area contributed by atoms with Gasteiger partial charge in [0.15, 0.2) is 11.6 Å². The summed E-state index contributed by atoms with van der Waals surface area (Å²) in [5, 5.41) is 0. The van der Waals surface area contributed by atoms with Crippen LogP contribution in [0, 0.1) is 18.6 Å². The number of amides is 1. The maximum Gasteiger partial charge on any atom is 0.233 e. The van der Waals surface area contributed by atoms with Crippen LogP contribution >= 0.6 is 0 Å². The number of hydrogen-bond acceptors (Lipinski definition) is 2. The molecule has 0 radical (unpaired) electrons. The van der Waals surface area contributed by atoms with E-state index >= 15 is 0 Å². The summed E-state index contributed by atoms with van der Waals surface area (Å²) >= 11 is 0. The highest BCUT2D eigenvalue weighted by Crippen LogP contribution is 2.43. The van der Waals surface area contributed by atoms with E-state index in [-0.39, 0.29) is 5.91 Å². The molecule has 0 N–H and O–H groups in total. The standard InChI is InChI=1S/C23H25F2NO2/c1-16-5-4-6-18(13-16)23(9-2-3-10-23)22(27)26-11-12-28-21(15-26)17-7-8-19(24)20(25)14-17/h4-8,13-14,21H,2-3,9-12,15H2,1H3. The molecule has 3 nitrogen and oxygen atoms in total. The van der Waals surface area contributed by atoms with Crippen LogP contribution in [-0.2, 0) is 14.9 Å². The van der Waals surface area contributed by atoms with Crippen molar-refractivity contribution < 1.29 is 18.3 Å². The minimum absolute atomic E-state index is 0.131. The topological polar surface area (TPSA) is 29.5 Å². The van der Waals surface area contributed by atoms with Gasteiger partial charge in [-0.25, -0.2) is 8.78 Å².